The van der Waals surface area contributed by atoms with E-state index in [1.165, 1.54) is 0 Å². The highest BCUT2D eigenvalue weighted by Gasteiger charge is 2.08. The Bertz CT molecular complexity index is 542. The summed E-state index contributed by atoms with van der Waals surface area (Å²) >= 11 is 0. The molecule has 0 radical (unpaired) electrons. The lowest BCUT2D eigenvalue weighted by Crippen LogP contribution is -2.12. The van der Waals surface area contributed by atoms with Gasteiger partial charge in [0, 0.05) is 25.0 Å². The lowest BCUT2D eigenvalue weighted by molar-refractivity contribution is 0.102. The second-order valence-corrected chi connectivity index (χ2v) is 4.29. The third-order valence-corrected chi connectivity index (χ3v) is 2.63. The molecule has 5 heteroatoms. The molecule has 1 atom stereocenters. The van der Waals surface area contributed by atoms with Crippen LogP contribution in [0.15, 0.2) is 36.8 Å². The molecule has 0 saturated carbocycles. The number of rotatable bonds is 3. The minimum atomic E-state index is -0.218. The van der Waals surface area contributed by atoms with Crippen molar-refractivity contribution in [3.05, 3.63) is 48.0 Å². The molecule has 0 aliphatic carbocycles. The third kappa shape index (κ3) is 2.75. The Labute approximate surface area is 106 Å². The van der Waals surface area contributed by atoms with Crippen LogP contribution in [0.4, 0.5) is 5.69 Å². The van der Waals surface area contributed by atoms with Gasteiger partial charge in [-0.05, 0) is 24.6 Å². The van der Waals surface area contributed by atoms with E-state index in [4.69, 9.17) is 5.73 Å². The van der Waals surface area contributed by atoms with Crippen molar-refractivity contribution in [2.75, 3.05) is 5.32 Å². The van der Waals surface area contributed by atoms with Crippen LogP contribution in [-0.2, 0) is 7.05 Å². The zero-order valence-electron chi connectivity index (χ0n) is 10.4. The van der Waals surface area contributed by atoms with Gasteiger partial charge < -0.3 is 15.6 Å². The summed E-state index contributed by atoms with van der Waals surface area (Å²) in [6.45, 7) is 1.92. The monoisotopic (exact) mass is 244 g/mol. The Hall–Kier alpha value is -2.14. The Morgan fingerprint density at radius 3 is 2.56 bits per heavy atom. The fourth-order valence-corrected chi connectivity index (χ4v) is 1.60. The van der Waals surface area contributed by atoms with Gasteiger partial charge in [-0.3, -0.25) is 4.79 Å². The molecule has 0 fully saturated rings. The highest BCUT2D eigenvalue weighted by atomic mass is 16.1. The first kappa shape index (κ1) is 12.3. The highest BCUT2D eigenvalue weighted by Crippen LogP contribution is 2.14. The van der Waals surface area contributed by atoms with Crippen LogP contribution < -0.4 is 11.1 Å². The van der Waals surface area contributed by atoms with Gasteiger partial charge in [0.2, 0.25) is 0 Å². The van der Waals surface area contributed by atoms with Crippen LogP contribution in [0.25, 0.3) is 0 Å². The number of hydrogen-bond acceptors (Lipinski definition) is 3. The fourth-order valence-electron chi connectivity index (χ4n) is 1.60. The number of hydrogen-bond donors (Lipinski definition) is 2. The molecule has 0 aliphatic heterocycles. The predicted octanol–water partition coefficient (Wildman–Crippen LogP) is 1.69. The molecule has 0 spiro atoms. The number of aryl methyl sites for hydroxylation is 1. The Balaban J connectivity index is 2.07. The van der Waals surface area contributed by atoms with Gasteiger partial charge in [0.25, 0.3) is 5.91 Å². The molecule has 2 aromatic rings. The molecule has 5 nitrogen and oxygen atoms in total. The molecule has 1 aromatic heterocycles. The first-order valence-corrected chi connectivity index (χ1v) is 5.71. The van der Waals surface area contributed by atoms with E-state index in [9.17, 15) is 4.79 Å². The van der Waals surface area contributed by atoms with Crippen molar-refractivity contribution in [3.8, 4) is 0 Å². The second kappa shape index (κ2) is 5.01. The SMILES string of the molecule is CC(N)c1ccc(NC(=O)c2cn(C)cn2)cc1. The van der Waals surface area contributed by atoms with E-state index in [1.807, 2.05) is 38.2 Å². The van der Waals surface area contributed by atoms with Crippen molar-refractivity contribution in [3.63, 3.8) is 0 Å². The first-order chi connectivity index (χ1) is 8.56. The molecule has 0 aliphatic rings. The van der Waals surface area contributed by atoms with Gasteiger partial charge in [0.05, 0.1) is 6.33 Å². The molecule has 0 bridgehead atoms. The zero-order chi connectivity index (χ0) is 13.1. The maximum atomic E-state index is 11.8. The third-order valence-electron chi connectivity index (χ3n) is 2.63. The average Bonchev–Trinajstić information content (AvgIpc) is 2.76. The van der Waals surface area contributed by atoms with Crippen molar-refractivity contribution in [2.24, 2.45) is 12.8 Å². The number of nitrogens with zero attached hydrogens (tertiary/aromatic N) is 2. The van der Waals surface area contributed by atoms with Crippen LogP contribution in [0.1, 0.15) is 29.0 Å². The molecular formula is C13H16N4O. The van der Waals surface area contributed by atoms with Gasteiger partial charge in [-0.15, -0.1) is 0 Å². The molecule has 1 heterocycles. The van der Waals surface area contributed by atoms with Gasteiger partial charge in [-0.25, -0.2) is 4.98 Å². The number of nitrogens with two attached hydrogens (primary N) is 1. The standard InChI is InChI=1S/C13H16N4O/c1-9(14)10-3-5-11(6-4-10)16-13(18)12-7-17(2)8-15-12/h3-9H,14H2,1-2H3,(H,16,18). The van der Waals surface area contributed by atoms with E-state index in [0.29, 0.717) is 5.69 Å². The minimum absolute atomic E-state index is 0.00876. The largest absolute Gasteiger partial charge is 0.340 e. The highest BCUT2D eigenvalue weighted by molar-refractivity contribution is 6.02. The minimum Gasteiger partial charge on any atom is -0.340 e. The van der Waals surface area contributed by atoms with Crippen molar-refractivity contribution >= 4 is 11.6 Å². The summed E-state index contributed by atoms with van der Waals surface area (Å²) < 4.78 is 1.73. The summed E-state index contributed by atoms with van der Waals surface area (Å²) in [6.07, 6.45) is 3.26. The fraction of sp³-hybridized carbons (Fsp3) is 0.231. The van der Waals surface area contributed by atoms with Crippen LogP contribution >= 0.6 is 0 Å². The van der Waals surface area contributed by atoms with Gasteiger partial charge in [0.1, 0.15) is 5.69 Å². The maximum Gasteiger partial charge on any atom is 0.275 e. The summed E-state index contributed by atoms with van der Waals surface area (Å²) in [5.74, 6) is -0.218. The Morgan fingerprint density at radius 2 is 2.06 bits per heavy atom. The number of amides is 1. The normalized spacial score (nSPS) is 12.2. The lowest BCUT2D eigenvalue weighted by Gasteiger charge is -2.07. The van der Waals surface area contributed by atoms with Crippen LogP contribution in [0.2, 0.25) is 0 Å². The summed E-state index contributed by atoms with van der Waals surface area (Å²) in [7, 11) is 1.82. The van der Waals surface area contributed by atoms with Gasteiger partial charge in [-0.1, -0.05) is 12.1 Å². The topological polar surface area (TPSA) is 72.9 Å². The van der Waals surface area contributed by atoms with E-state index < -0.39 is 0 Å². The van der Waals surface area contributed by atoms with E-state index >= 15 is 0 Å². The Morgan fingerprint density at radius 1 is 1.39 bits per heavy atom. The first-order valence-electron chi connectivity index (χ1n) is 5.71. The quantitative estimate of drug-likeness (QED) is 0.863. The van der Waals surface area contributed by atoms with Crippen molar-refractivity contribution in [1.29, 1.82) is 0 Å². The van der Waals surface area contributed by atoms with Crippen LogP contribution in [-0.4, -0.2) is 15.5 Å². The van der Waals surface area contributed by atoms with Crippen molar-refractivity contribution in [1.82, 2.24) is 9.55 Å². The van der Waals surface area contributed by atoms with Crippen molar-refractivity contribution in [2.45, 2.75) is 13.0 Å². The predicted molar refractivity (Wildman–Crippen MR) is 70.2 cm³/mol. The second-order valence-electron chi connectivity index (χ2n) is 4.29. The van der Waals surface area contributed by atoms with E-state index in [1.54, 1.807) is 17.1 Å². The number of nitrogens with one attached hydrogen (secondary N) is 1. The van der Waals surface area contributed by atoms with E-state index in [2.05, 4.69) is 10.3 Å². The average molecular weight is 244 g/mol. The number of carbonyl (C=O) groups is 1. The number of imidazole rings is 1. The molecule has 1 unspecified atom stereocenters. The molecular weight excluding hydrogens is 228 g/mol. The molecule has 0 saturated heterocycles. The zero-order valence-corrected chi connectivity index (χ0v) is 10.4. The van der Waals surface area contributed by atoms with Gasteiger partial charge >= 0.3 is 0 Å². The summed E-state index contributed by atoms with van der Waals surface area (Å²) in [5.41, 5.74) is 7.92. The molecule has 2 rings (SSSR count). The number of carbonyl (C=O) groups excluding carboxylic acids is 1. The van der Waals surface area contributed by atoms with Crippen LogP contribution in [0, 0.1) is 0 Å². The number of anilines is 1. The molecule has 1 amide bonds. The van der Waals surface area contributed by atoms with E-state index in [0.717, 1.165) is 11.3 Å². The molecule has 18 heavy (non-hydrogen) atoms. The van der Waals surface area contributed by atoms with Gasteiger partial charge in [-0.2, -0.15) is 0 Å². The smallest absolute Gasteiger partial charge is 0.275 e. The van der Waals surface area contributed by atoms with E-state index in [-0.39, 0.29) is 11.9 Å². The summed E-state index contributed by atoms with van der Waals surface area (Å²) in [5, 5.41) is 2.78. The van der Waals surface area contributed by atoms with Gasteiger partial charge in [0.15, 0.2) is 0 Å². The Kier molecular flexibility index (Phi) is 3.43. The van der Waals surface area contributed by atoms with Crippen LogP contribution in [0.3, 0.4) is 0 Å². The molecule has 94 valence electrons. The van der Waals surface area contributed by atoms with Crippen molar-refractivity contribution < 1.29 is 4.79 Å². The molecule has 3 N–H and O–H groups in total. The molecule has 1 aromatic carbocycles. The summed E-state index contributed by atoms with van der Waals surface area (Å²) in [6, 6.07) is 7.46. The number of benzene rings is 1. The van der Waals surface area contributed by atoms with Crippen LogP contribution in [0.5, 0.6) is 0 Å². The lowest BCUT2D eigenvalue weighted by atomic mass is 10.1. The maximum absolute atomic E-state index is 11.8. The summed E-state index contributed by atoms with van der Waals surface area (Å²) in [4.78, 5) is 15.8. The number of aromatic nitrogens is 2.